The molecule has 5 rings (SSSR count). The summed E-state index contributed by atoms with van der Waals surface area (Å²) in [5, 5.41) is 0. The molecule has 2 atom stereocenters. The third kappa shape index (κ3) is 4.04. The molecule has 5 nitrogen and oxygen atoms in total. The van der Waals surface area contributed by atoms with Crippen molar-refractivity contribution >= 4 is 17.4 Å². The van der Waals surface area contributed by atoms with E-state index < -0.39 is 30.0 Å². The molecule has 2 bridgehead atoms. The lowest BCUT2D eigenvalue weighted by Crippen LogP contribution is -2.50. The Morgan fingerprint density at radius 3 is 2.25 bits per heavy atom. The van der Waals surface area contributed by atoms with Crippen molar-refractivity contribution in [2.24, 2.45) is 0 Å². The molecule has 0 spiro atoms. The average molecular weight is 503 g/mol. The van der Waals surface area contributed by atoms with E-state index >= 15 is 0 Å². The zero-order chi connectivity index (χ0) is 25.8. The summed E-state index contributed by atoms with van der Waals surface area (Å²) in [5.74, 6) is -1.53. The number of benzene rings is 2. The third-order valence-electron chi connectivity index (χ3n) is 7.39. The second-order valence-electron chi connectivity index (χ2n) is 9.41. The van der Waals surface area contributed by atoms with E-state index in [0.717, 1.165) is 10.5 Å². The summed E-state index contributed by atoms with van der Waals surface area (Å²) in [6.45, 7) is 4.91. The third-order valence-corrected chi connectivity index (χ3v) is 7.39. The zero-order valence-corrected chi connectivity index (χ0v) is 20.0. The van der Waals surface area contributed by atoms with Crippen LogP contribution in [-0.4, -0.2) is 53.0 Å². The smallest absolute Gasteiger partial charge is 0.456 e. The topological polar surface area (TPSA) is 49.9 Å². The molecule has 0 saturated carbocycles. The molecule has 9 heteroatoms. The first-order valence-corrected chi connectivity index (χ1v) is 12.1. The first kappa shape index (κ1) is 24.3. The maximum absolute atomic E-state index is 14.3. The maximum Gasteiger partial charge on any atom is 0.471 e. The highest BCUT2D eigenvalue weighted by Gasteiger charge is 2.51. The molecular weight excluding hydrogens is 476 g/mol. The van der Waals surface area contributed by atoms with Crippen LogP contribution >= 0.6 is 0 Å². The number of nitrogens with zero attached hydrogens (tertiary/aromatic N) is 2. The SMILES string of the molecule is CCN(CC)C(=O)c1ccc2c(c1)Oc1ccc(F)cc1C2=C1CC2CCC(C1)N2C(=O)C(F)(F)F. The number of amides is 2. The molecular formula is C27H26F4N2O3. The number of ether oxygens (including phenoxy) is 1. The highest BCUT2D eigenvalue weighted by Crippen LogP contribution is 2.50. The van der Waals surface area contributed by atoms with Gasteiger partial charge in [-0.3, -0.25) is 9.59 Å². The van der Waals surface area contributed by atoms with Crippen LogP contribution in [0.2, 0.25) is 0 Å². The molecule has 0 radical (unpaired) electrons. The van der Waals surface area contributed by atoms with Gasteiger partial charge in [-0.15, -0.1) is 0 Å². The fraction of sp³-hybridized carbons (Fsp3) is 0.407. The summed E-state index contributed by atoms with van der Waals surface area (Å²) in [6, 6.07) is 8.17. The molecule has 3 aliphatic heterocycles. The van der Waals surface area contributed by atoms with Crippen LogP contribution in [0.25, 0.3) is 5.57 Å². The van der Waals surface area contributed by atoms with Crippen molar-refractivity contribution in [2.45, 2.75) is 57.8 Å². The minimum Gasteiger partial charge on any atom is -0.456 e. The monoisotopic (exact) mass is 502 g/mol. The average Bonchev–Trinajstić information content (AvgIpc) is 3.10. The number of alkyl halides is 3. The molecule has 3 heterocycles. The number of carbonyl (C=O) groups is 2. The van der Waals surface area contributed by atoms with E-state index in [0.29, 0.717) is 59.7 Å². The van der Waals surface area contributed by atoms with Crippen LogP contribution in [0.3, 0.4) is 0 Å². The van der Waals surface area contributed by atoms with Gasteiger partial charge in [0, 0.05) is 41.9 Å². The van der Waals surface area contributed by atoms with Crippen LogP contribution in [0.15, 0.2) is 42.0 Å². The Hall–Kier alpha value is -3.36. The van der Waals surface area contributed by atoms with Crippen molar-refractivity contribution in [1.29, 1.82) is 0 Å². The predicted molar refractivity (Wildman–Crippen MR) is 125 cm³/mol. The van der Waals surface area contributed by atoms with Gasteiger partial charge in [0.2, 0.25) is 0 Å². The second-order valence-corrected chi connectivity index (χ2v) is 9.41. The minimum atomic E-state index is -4.92. The maximum atomic E-state index is 14.3. The van der Waals surface area contributed by atoms with E-state index in [1.54, 1.807) is 23.1 Å². The lowest BCUT2D eigenvalue weighted by molar-refractivity contribution is -0.189. The van der Waals surface area contributed by atoms with Crippen LogP contribution in [0.4, 0.5) is 17.6 Å². The van der Waals surface area contributed by atoms with Crippen molar-refractivity contribution in [3.8, 4) is 11.5 Å². The molecule has 2 unspecified atom stereocenters. The number of halogens is 4. The molecule has 3 aliphatic rings. The second kappa shape index (κ2) is 8.94. The summed E-state index contributed by atoms with van der Waals surface area (Å²) in [4.78, 5) is 27.7. The predicted octanol–water partition coefficient (Wildman–Crippen LogP) is 5.93. The summed E-state index contributed by atoms with van der Waals surface area (Å²) in [7, 11) is 0. The molecule has 2 aromatic rings. The van der Waals surface area contributed by atoms with E-state index in [9.17, 15) is 27.2 Å². The van der Waals surface area contributed by atoms with E-state index in [1.807, 2.05) is 13.8 Å². The van der Waals surface area contributed by atoms with E-state index in [2.05, 4.69) is 0 Å². The van der Waals surface area contributed by atoms with Crippen LogP contribution < -0.4 is 4.74 Å². The number of rotatable bonds is 3. The van der Waals surface area contributed by atoms with Crippen molar-refractivity contribution in [1.82, 2.24) is 9.80 Å². The fourth-order valence-electron chi connectivity index (χ4n) is 5.77. The Kier molecular flexibility index (Phi) is 6.04. The number of carbonyl (C=O) groups excluding carboxylic acids is 2. The van der Waals surface area contributed by atoms with Gasteiger partial charge in [0.1, 0.15) is 17.3 Å². The van der Waals surface area contributed by atoms with Gasteiger partial charge in [0.05, 0.1) is 0 Å². The zero-order valence-electron chi connectivity index (χ0n) is 20.0. The molecule has 0 aliphatic carbocycles. The van der Waals surface area contributed by atoms with Gasteiger partial charge >= 0.3 is 12.1 Å². The quantitative estimate of drug-likeness (QED) is 0.417. The molecule has 190 valence electrons. The van der Waals surface area contributed by atoms with Gasteiger partial charge in [-0.25, -0.2) is 4.39 Å². The summed E-state index contributed by atoms with van der Waals surface area (Å²) in [6.07, 6.45) is -3.41. The van der Waals surface area contributed by atoms with E-state index in [-0.39, 0.29) is 18.7 Å². The summed E-state index contributed by atoms with van der Waals surface area (Å²) in [5.41, 5.74) is 3.22. The van der Waals surface area contributed by atoms with Crippen molar-refractivity contribution in [3.63, 3.8) is 0 Å². The van der Waals surface area contributed by atoms with Gasteiger partial charge < -0.3 is 14.5 Å². The number of hydrogen-bond acceptors (Lipinski definition) is 3. The van der Waals surface area contributed by atoms with Gasteiger partial charge in [-0.05, 0) is 81.5 Å². The first-order valence-electron chi connectivity index (χ1n) is 12.1. The van der Waals surface area contributed by atoms with Crippen molar-refractivity contribution in [2.75, 3.05) is 13.1 Å². The molecule has 2 fully saturated rings. The van der Waals surface area contributed by atoms with Crippen LogP contribution in [0.5, 0.6) is 11.5 Å². The Morgan fingerprint density at radius 2 is 1.64 bits per heavy atom. The number of fused-ring (bicyclic) bond motifs is 4. The lowest BCUT2D eigenvalue weighted by Gasteiger charge is -2.38. The highest BCUT2D eigenvalue weighted by atomic mass is 19.4. The number of hydrogen-bond donors (Lipinski definition) is 0. The van der Waals surface area contributed by atoms with Gasteiger partial charge in [-0.1, -0.05) is 5.57 Å². The molecule has 0 aromatic heterocycles. The molecule has 0 N–H and O–H groups in total. The van der Waals surface area contributed by atoms with Crippen LogP contribution in [-0.2, 0) is 4.79 Å². The first-order chi connectivity index (χ1) is 17.1. The van der Waals surface area contributed by atoms with Crippen molar-refractivity contribution in [3.05, 3.63) is 64.5 Å². The minimum absolute atomic E-state index is 0.137. The van der Waals surface area contributed by atoms with Gasteiger partial charge in [0.25, 0.3) is 5.91 Å². The molecule has 36 heavy (non-hydrogen) atoms. The Morgan fingerprint density at radius 1 is 0.972 bits per heavy atom. The largest absolute Gasteiger partial charge is 0.471 e. The fourth-order valence-corrected chi connectivity index (χ4v) is 5.77. The van der Waals surface area contributed by atoms with Crippen LogP contribution in [0, 0.1) is 5.82 Å². The van der Waals surface area contributed by atoms with Gasteiger partial charge in [-0.2, -0.15) is 13.2 Å². The molecule has 2 aromatic carbocycles. The standard InChI is InChI=1S/C27H26F4N2O3/c1-3-32(4-2)25(34)15-5-9-20-23(13-15)36-22-10-6-17(28)14-21(22)24(20)16-11-18-7-8-19(12-16)33(18)26(35)27(29,30)31/h5-6,9-10,13-14,18-19H,3-4,7-8,11-12H2,1-2H3. The Balaban J connectivity index is 1.59. The van der Waals surface area contributed by atoms with Crippen molar-refractivity contribution < 1.29 is 31.9 Å². The van der Waals surface area contributed by atoms with E-state index in [4.69, 9.17) is 4.74 Å². The molecule has 2 amide bonds. The Bertz CT molecular complexity index is 1250. The molecule has 2 saturated heterocycles. The highest BCUT2D eigenvalue weighted by molar-refractivity contribution is 5.97. The Labute approximate surface area is 206 Å². The van der Waals surface area contributed by atoms with Gasteiger partial charge in [0.15, 0.2) is 0 Å². The van der Waals surface area contributed by atoms with Crippen LogP contribution in [0.1, 0.15) is 61.0 Å². The lowest BCUT2D eigenvalue weighted by atomic mass is 9.83. The summed E-state index contributed by atoms with van der Waals surface area (Å²) >= 11 is 0. The normalized spacial score (nSPS) is 20.6. The number of piperidine rings is 1. The van der Waals surface area contributed by atoms with E-state index in [1.165, 1.54) is 18.2 Å². The summed E-state index contributed by atoms with van der Waals surface area (Å²) < 4.78 is 60.0.